The molecule has 23 heavy (non-hydrogen) atoms. The predicted molar refractivity (Wildman–Crippen MR) is 94.4 cm³/mol. The molecule has 0 aliphatic heterocycles. The summed E-state index contributed by atoms with van der Waals surface area (Å²) in [5.41, 5.74) is 5.86. The van der Waals surface area contributed by atoms with E-state index in [0.717, 1.165) is 21.3 Å². The molecule has 0 saturated carbocycles. The third-order valence-electron chi connectivity index (χ3n) is 3.95. The first-order valence-corrected chi connectivity index (χ1v) is 9.18. The van der Waals surface area contributed by atoms with Crippen molar-refractivity contribution < 1.29 is 4.79 Å². The molecule has 0 unspecified atom stereocenters. The fraction of sp³-hybridized carbons (Fsp3) is 0.167. The molecule has 0 spiro atoms. The third kappa shape index (κ3) is 2.82. The summed E-state index contributed by atoms with van der Waals surface area (Å²) in [6, 6.07) is 14.5. The molecule has 0 bridgehead atoms. The Morgan fingerprint density at radius 2 is 1.96 bits per heavy atom. The molecule has 1 aliphatic carbocycles. The van der Waals surface area contributed by atoms with E-state index in [4.69, 9.17) is 0 Å². The largest absolute Gasteiger partial charge is 0.293 e. The summed E-state index contributed by atoms with van der Waals surface area (Å²) in [5, 5.41) is 8.95. The molecule has 0 radical (unpaired) electrons. The number of thioether (sulfide) groups is 1. The molecule has 3 nitrogen and oxygen atoms in total. The van der Waals surface area contributed by atoms with Crippen LogP contribution in [0.15, 0.2) is 46.8 Å². The minimum atomic E-state index is 0.134. The maximum atomic E-state index is 12.5. The SMILES string of the molecule is Cc1nnc(SCC(=O)c2ccc3c(c2)-c2ccccc2C3)s1. The lowest BCUT2D eigenvalue weighted by Gasteiger charge is -2.04. The van der Waals surface area contributed by atoms with E-state index in [0.29, 0.717) is 5.75 Å². The van der Waals surface area contributed by atoms with Crippen LogP contribution in [0.25, 0.3) is 11.1 Å². The molecular weight excluding hydrogens is 324 g/mol. The van der Waals surface area contributed by atoms with Crippen molar-refractivity contribution >= 4 is 28.9 Å². The van der Waals surface area contributed by atoms with Gasteiger partial charge in [-0.2, -0.15) is 0 Å². The van der Waals surface area contributed by atoms with Gasteiger partial charge in [0.25, 0.3) is 0 Å². The van der Waals surface area contributed by atoms with Gasteiger partial charge in [0.15, 0.2) is 10.1 Å². The number of aromatic nitrogens is 2. The average molecular weight is 338 g/mol. The number of ketones is 1. The van der Waals surface area contributed by atoms with Crippen molar-refractivity contribution in [3.8, 4) is 11.1 Å². The summed E-state index contributed by atoms with van der Waals surface area (Å²) in [7, 11) is 0. The van der Waals surface area contributed by atoms with Gasteiger partial charge in [0.1, 0.15) is 5.01 Å². The second-order valence-corrected chi connectivity index (χ2v) is 7.91. The molecule has 0 saturated heterocycles. The van der Waals surface area contributed by atoms with Crippen molar-refractivity contribution in [3.05, 3.63) is 64.2 Å². The van der Waals surface area contributed by atoms with Gasteiger partial charge >= 0.3 is 0 Å². The zero-order valence-corrected chi connectivity index (χ0v) is 14.2. The number of benzene rings is 2. The zero-order valence-electron chi connectivity index (χ0n) is 12.6. The summed E-state index contributed by atoms with van der Waals surface area (Å²) in [5.74, 6) is 0.532. The number of rotatable bonds is 4. The second kappa shape index (κ2) is 5.91. The van der Waals surface area contributed by atoms with E-state index in [1.165, 1.54) is 45.4 Å². The van der Waals surface area contributed by atoms with Crippen molar-refractivity contribution in [2.24, 2.45) is 0 Å². The van der Waals surface area contributed by atoms with Crippen LogP contribution in [0.3, 0.4) is 0 Å². The Morgan fingerprint density at radius 1 is 1.13 bits per heavy atom. The first-order valence-electron chi connectivity index (χ1n) is 7.38. The molecule has 3 aromatic rings. The molecule has 0 N–H and O–H groups in total. The molecule has 4 rings (SSSR count). The van der Waals surface area contributed by atoms with Crippen LogP contribution in [0, 0.1) is 6.92 Å². The number of nitrogens with zero attached hydrogens (tertiary/aromatic N) is 2. The molecule has 114 valence electrons. The van der Waals surface area contributed by atoms with Crippen molar-refractivity contribution in [3.63, 3.8) is 0 Å². The van der Waals surface area contributed by atoms with Gasteiger partial charge in [-0.15, -0.1) is 10.2 Å². The number of carbonyl (C=O) groups excluding carboxylic acids is 1. The minimum absolute atomic E-state index is 0.134. The number of Topliss-reactive ketones (excluding diaryl/α,β-unsaturated/α-hetero) is 1. The van der Waals surface area contributed by atoms with Gasteiger partial charge in [0.2, 0.25) is 0 Å². The van der Waals surface area contributed by atoms with Crippen LogP contribution >= 0.6 is 23.1 Å². The molecule has 1 aliphatic rings. The Morgan fingerprint density at radius 3 is 2.78 bits per heavy atom. The topological polar surface area (TPSA) is 42.9 Å². The van der Waals surface area contributed by atoms with Gasteiger partial charge < -0.3 is 0 Å². The van der Waals surface area contributed by atoms with Crippen LogP contribution < -0.4 is 0 Å². The Kier molecular flexibility index (Phi) is 3.75. The van der Waals surface area contributed by atoms with E-state index in [9.17, 15) is 4.79 Å². The Hall–Kier alpha value is -1.98. The highest BCUT2D eigenvalue weighted by molar-refractivity contribution is 8.01. The number of hydrogen-bond acceptors (Lipinski definition) is 5. The highest BCUT2D eigenvalue weighted by Gasteiger charge is 2.19. The summed E-state index contributed by atoms with van der Waals surface area (Å²) in [6.07, 6.45) is 0.957. The third-order valence-corrected chi connectivity index (χ3v) is 5.93. The van der Waals surface area contributed by atoms with Gasteiger partial charge in [0.05, 0.1) is 5.75 Å². The van der Waals surface area contributed by atoms with Crippen LogP contribution in [0.4, 0.5) is 0 Å². The van der Waals surface area contributed by atoms with E-state index >= 15 is 0 Å². The Labute approximate surface area is 142 Å². The fourth-order valence-electron chi connectivity index (χ4n) is 2.84. The minimum Gasteiger partial charge on any atom is -0.293 e. The molecular formula is C18H14N2OS2. The molecule has 0 fully saturated rings. The molecule has 2 aromatic carbocycles. The van der Waals surface area contributed by atoms with Crippen LogP contribution in [-0.4, -0.2) is 21.7 Å². The maximum absolute atomic E-state index is 12.5. The van der Waals surface area contributed by atoms with E-state index < -0.39 is 0 Å². The van der Waals surface area contributed by atoms with Gasteiger partial charge in [-0.25, -0.2) is 0 Å². The van der Waals surface area contributed by atoms with Crippen molar-refractivity contribution in [2.75, 3.05) is 5.75 Å². The first kappa shape index (κ1) is 14.6. The van der Waals surface area contributed by atoms with Crippen LogP contribution in [0.1, 0.15) is 26.5 Å². The molecule has 5 heteroatoms. The average Bonchev–Trinajstić information content (AvgIpc) is 3.15. The summed E-state index contributed by atoms with van der Waals surface area (Å²) in [6.45, 7) is 1.92. The van der Waals surface area contributed by atoms with Crippen molar-refractivity contribution in [1.82, 2.24) is 10.2 Å². The van der Waals surface area contributed by atoms with Gasteiger partial charge in [-0.1, -0.05) is 59.5 Å². The Bertz CT molecular complexity index is 902. The molecule has 1 aromatic heterocycles. The predicted octanol–water partition coefficient (Wildman–Crippen LogP) is 4.39. The number of aryl methyl sites for hydroxylation is 1. The van der Waals surface area contributed by atoms with Crippen molar-refractivity contribution in [2.45, 2.75) is 17.7 Å². The van der Waals surface area contributed by atoms with E-state index in [-0.39, 0.29) is 5.78 Å². The first-order chi connectivity index (χ1) is 11.2. The lowest BCUT2D eigenvalue weighted by molar-refractivity contribution is 0.102. The number of fused-ring (bicyclic) bond motifs is 3. The fourth-order valence-corrected chi connectivity index (χ4v) is 4.55. The molecule has 1 heterocycles. The van der Waals surface area contributed by atoms with E-state index in [2.05, 4.69) is 40.5 Å². The summed E-state index contributed by atoms with van der Waals surface area (Å²) >= 11 is 2.98. The maximum Gasteiger partial charge on any atom is 0.174 e. The molecule has 0 atom stereocenters. The monoisotopic (exact) mass is 338 g/mol. The van der Waals surface area contributed by atoms with Gasteiger partial charge in [-0.05, 0) is 41.7 Å². The zero-order chi connectivity index (χ0) is 15.8. The van der Waals surface area contributed by atoms with E-state index in [1.807, 2.05) is 19.1 Å². The Balaban J connectivity index is 1.56. The standard InChI is InChI=1S/C18H14N2OS2/c1-11-19-20-18(23-11)22-10-17(21)14-7-6-13-8-12-4-2-3-5-15(12)16(13)9-14/h2-7,9H,8,10H2,1H3. The lowest BCUT2D eigenvalue weighted by Crippen LogP contribution is -2.02. The van der Waals surface area contributed by atoms with Crippen LogP contribution in [0.5, 0.6) is 0 Å². The van der Waals surface area contributed by atoms with Crippen LogP contribution in [0.2, 0.25) is 0 Å². The summed E-state index contributed by atoms with van der Waals surface area (Å²) in [4.78, 5) is 12.5. The molecule has 0 amide bonds. The van der Waals surface area contributed by atoms with Gasteiger partial charge in [0, 0.05) is 5.56 Å². The smallest absolute Gasteiger partial charge is 0.174 e. The highest BCUT2D eigenvalue weighted by Crippen LogP contribution is 2.37. The quantitative estimate of drug-likeness (QED) is 0.409. The highest BCUT2D eigenvalue weighted by atomic mass is 32.2. The summed E-state index contributed by atoms with van der Waals surface area (Å²) < 4.78 is 0.849. The van der Waals surface area contributed by atoms with E-state index in [1.54, 1.807) is 0 Å². The number of carbonyl (C=O) groups is 1. The number of hydrogen-bond donors (Lipinski definition) is 0. The normalized spacial score (nSPS) is 12.0. The lowest BCUT2D eigenvalue weighted by atomic mass is 10.0. The van der Waals surface area contributed by atoms with Crippen molar-refractivity contribution in [1.29, 1.82) is 0 Å². The van der Waals surface area contributed by atoms with Gasteiger partial charge in [-0.3, -0.25) is 4.79 Å². The van der Waals surface area contributed by atoms with Crippen LogP contribution in [-0.2, 0) is 6.42 Å². The second-order valence-electron chi connectivity index (χ2n) is 5.50.